The molecule has 36 heavy (non-hydrogen) atoms. The quantitative estimate of drug-likeness (QED) is 0.501. The Kier molecular flexibility index (Phi) is 5.96. The predicted octanol–water partition coefficient (Wildman–Crippen LogP) is 2.02. The van der Waals surface area contributed by atoms with E-state index >= 15 is 0 Å². The number of alkyl halides is 2. The Labute approximate surface area is 205 Å². The number of aldehydes is 1. The molecule has 4 atom stereocenters. The lowest BCUT2D eigenvalue weighted by atomic mass is 9.92. The first-order chi connectivity index (χ1) is 17.2. The summed E-state index contributed by atoms with van der Waals surface area (Å²) in [5.41, 5.74) is -0.663. The zero-order chi connectivity index (χ0) is 25.7. The molecule has 1 saturated carbocycles. The summed E-state index contributed by atoms with van der Waals surface area (Å²) in [5, 5.41) is 5.99. The minimum absolute atomic E-state index is 0.116. The first-order valence-corrected chi connectivity index (χ1v) is 12.1. The largest absolute Gasteiger partial charge is 0.496 e. The van der Waals surface area contributed by atoms with Crippen LogP contribution in [0.25, 0.3) is 10.9 Å². The molecular formula is C25H28F2N4O5. The van der Waals surface area contributed by atoms with Crippen molar-refractivity contribution in [1.29, 1.82) is 0 Å². The molecule has 1 aliphatic carbocycles. The molecule has 5 rings (SSSR count). The second-order valence-corrected chi connectivity index (χ2v) is 10.0. The third-order valence-corrected chi connectivity index (χ3v) is 7.71. The molecule has 0 bridgehead atoms. The van der Waals surface area contributed by atoms with Crippen LogP contribution in [0.2, 0.25) is 0 Å². The van der Waals surface area contributed by atoms with Gasteiger partial charge in [0, 0.05) is 36.3 Å². The first-order valence-electron chi connectivity index (χ1n) is 12.1. The molecule has 3 heterocycles. The average molecular weight is 503 g/mol. The van der Waals surface area contributed by atoms with Gasteiger partial charge in [0.05, 0.1) is 18.6 Å². The van der Waals surface area contributed by atoms with E-state index in [0.717, 1.165) is 6.42 Å². The number of likely N-dealkylation sites (tertiary alicyclic amines) is 1. The van der Waals surface area contributed by atoms with Crippen LogP contribution in [0.4, 0.5) is 8.78 Å². The number of piperidine rings is 1. The molecule has 2 saturated heterocycles. The van der Waals surface area contributed by atoms with Gasteiger partial charge < -0.3 is 30.0 Å². The highest BCUT2D eigenvalue weighted by Crippen LogP contribution is 2.66. The molecule has 3 amide bonds. The van der Waals surface area contributed by atoms with Crippen LogP contribution in [0.3, 0.4) is 0 Å². The summed E-state index contributed by atoms with van der Waals surface area (Å²) < 4.78 is 34.0. The van der Waals surface area contributed by atoms with Gasteiger partial charge in [-0.1, -0.05) is 6.07 Å². The highest BCUT2D eigenvalue weighted by Gasteiger charge is 2.75. The summed E-state index contributed by atoms with van der Waals surface area (Å²) in [6.45, 7) is 0.308. The summed E-state index contributed by atoms with van der Waals surface area (Å²) in [4.78, 5) is 54.7. The number of hydrogen-bond acceptors (Lipinski definition) is 5. The summed E-state index contributed by atoms with van der Waals surface area (Å²) >= 11 is 0. The van der Waals surface area contributed by atoms with E-state index in [2.05, 4.69) is 15.6 Å². The first kappa shape index (κ1) is 24.2. The maximum Gasteiger partial charge on any atom is 0.271 e. The molecule has 1 spiro atoms. The van der Waals surface area contributed by atoms with Crippen molar-refractivity contribution in [2.45, 2.75) is 50.1 Å². The van der Waals surface area contributed by atoms with Crippen molar-refractivity contribution in [3.8, 4) is 5.75 Å². The Morgan fingerprint density at radius 1 is 1.36 bits per heavy atom. The van der Waals surface area contributed by atoms with Gasteiger partial charge in [0.1, 0.15) is 23.8 Å². The van der Waals surface area contributed by atoms with Gasteiger partial charge in [-0.15, -0.1) is 0 Å². The van der Waals surface area contributed by atoms with E-state index in [9.17, 15) is 28.0 Å². The number of aromatic nitrogens is 1. The van der Waals surface area contributed by atoms with E-state index in [-0.39, 0.29) is 31.0 Å². The number of carbonyl (C=O) groups is 4. The number of methoxy groups -OCH3 is 1. The van der Waals surface area contributed by atoms with Crippen molar-refractivity contribution in [2.24, 2.45) is 11.3 Å². The Bertz CT molecular complexity index is 1230. The van der Waals surface area contributed by atoms with Crippen LogP contribution >= 0.6 is 0 Å². The smallest absolute Gasteiger partial charge is 0.271 e. The van der Waals surface area contributed by atoms with E-state index in [1.165, 1.54) is 12.0 Å². The number of nitrogens with zero attached hydrogens (tertiary/aromatic N) is 1. The Morgan fingerprint density at radius 3 is 2.81 bits per heavy atom. The fraction of sp³-hybridized carbons (Fsp3) is 0.520. The molecule has 1 aromatic carbocycles. The second-order valence-electron chi connectivity index (χ2n) is 10.0. The van der Waals surface area contributed by atoms with Crippen LogP contribution in [0.15, 0.2) is 24.3 Å². The zero-order valence-corrected chi connectivity index (χ0v) is 19.8. The topological polar surface area (TPSA) is 121 Å². The lowest BCUT2D eigenvalue weighted by molar-refractivity contribution is -0.130. The number of rotatable bonds is 7. The molecule has 192 valence electrons. The van der Waals surface area contributed by atoms with Crippen molar-refractivity contribution < 1.29 is 32.7 Å². The van der Waals surface area contributed by atoms with Crippen molar-refractivity contribution in [2.75, 3.05) is 20.2 Å². The number of fused-ring (bicyclic) bond motifs is 1. The molecule has 1 unspecified atom stereocenters. The molecule has 9 nitrogen and oxygen atoms in total. The van der Waals surface area contributed by atoms with Crippen molar-refractivity contribution >= 4 is 34.9 Å². The normalized spacial score (nSPS) is 27.5. The molecule has 2 aliphatic heterocycles. The van der Waals surface area contributed by atoms with Gasteiger partial charge in [0.15, 0.2) is 0 Å². The molecule has 3 N–H and O–H groups in total. The number of ether oxygens (including phenoxy) is 1. The number of hydrogen-bond donors (Lipinski definition) is 3. The number of aromatic amines is 1. The minimum Gasteiger partial charge on any atom is -0.496 e. The molecule has 11 heteroatoms. The van der Waals surface area contributed by atoms with Gasteiger partial charge in [0.2, 0.25) is 11.8 Å². The summed E-state index contributed by atoms with van der Waals surface area (Å²) in [5.74, 6) is -4.27. The summed E-state index contributed by atoms with van der Waals surface area (Å²) in [6.07, 6.45) is 1.44. The van der Waals surface area contributed by atoms with E-state index in [1.807, 2.05) is 0 Å². The molecule has 0 radical (unpaired) electrons. The number of halogens is 2. The van der Waals surface area contributed by atoms with Crippen LogP contribution in [-0.2, 0) is 14.4 Å². The van der Waals surface area contributed by atoms with E-state index < -0.39 is 47.6 Å². The third kappa shape index (κ3) is 4.10. The minimum atomic E-state index is -2.96. The summed E-state index contributed by atoms with van der Waals surface area (Å²) in [6, 6.07) is 4.71. The number of H-pyrrole nitrogens is 1. The molecule has 3 aliphatic rings. The fourth-order valence-electron chi connectivity index (χ4n) is 5.57. The molecular weight excluding hydrogens is 474 g/mol. The van der Waals surface area contributed by atoms with E-state index in [4.69, 9.17) is 4.74 Å². The maximum atomic E-state index is 14.3. The highest BCUT2D eigenvalue weighted by molar-refractivity contribution is 6.02. The predicted molar refractivity (Wildman–Crippen MR) is 125 cm³/mol. The monoisotopic (exact) mass is 502 g/mol. The van der Waals surface area contributed by atoms with Gasteiger partial charge in [-0.3, -0.25) is 14.4 Å². The van der Waals surface area contributed by atoms with Crippen molar-refractivity contribution in [3.05, 3.63) is 30.0 Å². The van der Waals surface area contributed by atoms with E-state index in [1.54, 1.807) is 24.3 Å². The lowest BCUT2D eigenvalue weighted by Gasteiger charge is -2.27. The lowest BCUT2D eigenvalue weighted by Crippen LogP contribution is -2.50. The summed E-state index contributed by atoms with van der Waals surface area (Å²) in [7, 11) is 1.50. The van der Waals surface area contributed by atoms with Crippen molar-refractivity contribution in [1.82, 2.24) is 20.5 Å². The second kappa shape index (κ2) is 8.86. The van der Waals surface area contributed by atoms with Gasteiger partial charge in [-0.25, -0.2) is 8.78 Å². The molecule has 2 aromatic rings. The Morgan fingerprint density at radius 2 is 2.14 bits per heavy atom. The SMILES string of the molecule is COc1cccc2[nH]c(C(=O)N3C[C@]4(C[C@H]3C(=O)NC(C=O)C[C@@H]3CCCNC3=O)CC4(F)F)cc12. The average Bonchev–Trinajstić information content (AvgIpc) is 3.20. The van der Waals surface area contributed by atoms with Gasteiger partial charge in [-0.2, -0.15) is 0 Å². The highest BCUT2D eigenvalue weighted by atomic mass is 19.3. The molecule has 3 fully saturated rings. The number of nitrogens with one attached hydrogen (secondary N) is 3. The van der Waals surface area contributed by atoms with E-state index in [0.29, 0.717) is 35.9 Å². The Hall–Kier alpha value is -3.50. The number of carbonyl (C=O) groups excluding carboxylic acids is 4. The van der Waals surface area contributed by atoms with Crippen LogP contribution in [-0.4, -0.2) is 72.1 Å². The standard InChI is InChI=1S/C25H28F2N4O5/c1-36-20-6-2-5-17-16(20)9-18(30-17)23(35)31-13-24(12-25(24,26)27)10-19(31)22(34)29-15(11-32)8-14-4-3-7-28-21(14)33/h2,5-6,9,11,14-15,19,30H,3-4,7-8,10,12-13H2,1H3,(H,28,33)(H,29,34)/t14-,15?,19-,24-/m0/s1. The van der Waals surface area contributed by atoms with Crippen LogP contribution < -0.4 is 15.4 Å². The van der Waals surface area contributed by atoms with Gasteiger partial charge >= 0.3 is 0 Å². The third-order valence-electron chi connectivity index (χ3n) is 7.71. The zero-order valence-electron chi connectivity index (χ0n) is 19.8. The van der Waals surface area contributed by atoms with Crippen molar-refractivity contribution in [3.63, 3.8) is 0 Å². The molecule has 1 aromatic heterocycles. The van der Waals surface area contributed by atoms with Gasteiger partial charge in [-0.05, 0) is 43.9 Å². The Balaban J connectivity index is 1.37. The fourth-order valence-corrected chi connectivity index (χ4v) is 5.57. The van der Waals surface area contributed by atoms with Crippen LogP contribution in [0, 0.1) is 11.3 Å². The van der Waals surface area contributed by atoms with Crippen LogP contribution in [0.5, 0.6) is 5.75 Å². The maximum absolute atomic E-state index is 14.3. The van der Waals surface area contributed by atoms with Crippen LogP contribution in [0.1, 0.15) is 42.6 Å². The number of benzene rings is 1. The number of amides is 3. The van der Waals surface area contributed by atoms with Gasteiger partial charge in [0.25, 0.3) is 11.8 Å².